The first kappa shape index (κ1) is 14.7. The third-order valence-electron chi connectivity index (χ3n) is 3.91. The van der Waals surface area contributed by atoms with E-state index in [0.717, 1.165) is 38.4 Å². The maximum atomic E-state index is 13.4. The number of halogens is 2. The van der Waals surface area contributed by atoms with Crippen molar-refractivity contribution in [1.29, 1.82) is 0 Å². The van der Waals surface area contributed by atoms with E-state index < -0.39 is 17.5 Å². The SMILES string of the molecule is O=C1C(=O)N(CCCC2CCCO2)c2c(Br)cc(F)cc21. The Morgan fingerprint density at radius 2 is 2.19 bits per heavy atom. The predicted octanol–water partition coefficient (Wildman–Crippen LogP) is 3.08. The van der Waals surface area contributed by atoms with Crippen molar-refractivity contribution in [1.82, 2.24) is 0 Å². The summed E-state index contributed by atoms with van der Waals surface area (Å²) in [5, 5.41) is 0. The molecule has 2 aliphatic heterocycles. The van der Waals surface area contributed by atoms with Crippen LogP contribution in [-0.4, -0.2) is 30.9 Å². The second-order valence-corrected chi connectivity index (χ2v) is 6.20. The van der Waals surface area contributed by atoms with Crippen LogP contribution in [0, 0.1) is 5.82 Å². The first-order valence-corrected chi connectivity index (χ1v) is 7.84. The fourth-order valence-corrected chi connectivity index (χ4v) is 3.56. The Morgan fingerprint density at radius 3 is 2.90 bits per heavy atom. The number of ketones is 1. The minimum Gasteiger partial charge on any atom is -0.378 e. The number of anilines is 1. The fraction of sp³-hybridized carbons (Fsp3) is 0.467. The van der Waals surface area contributed by atoms with Crippen LogP contribution < -0.4 is 4.90 Å². The van der Waals surface area contributed by atoms with Gasteiger partial charge in [-0.1, -0.05) is 0 Å². The van der Waals surface area contributed by atoms with E-state index >= 15 is 0 Å². The van der Waals surface area contributed by atoms with Gasteiger partial charge in [-0.3, -0.25) is 9.59 Å². The normalized spacial score (nSPS) is 21.2. The summed E-state index contributed by atoms with van der Waals surface area (Å²) in [6, 6.07) is 2.40. The van der Waals surface area contributed by atoms with Crippen LogP contribution in [0.1, 0.15) is 36.0 Å². The number of amides is 1. The highest BCUT2D eigenvalue weighted by molar-refractivity contribution is 9.10. The molecule has 2 heterocycles. The molecule has 1 unspecified atom stereocenters. The summed E-state index contributed by atoms with van der Waals surface area (Å²) < 4.78 is 19.4. The first-order chi connectivity index (χ1) is 10.1. The topological polar surface area (TPSA) is 46.6 Å². The third-order valence-corrected chi connectivity index (χ3v) is 4.52. The molecule has 0 N–H and O–H groups in total. The molecule has 0 bridgehead atoms. The smallest absolute Gasteiger partial charge is 0.299 e. The summed E-state index contributed by atoms with van der Waals surface area (Å²) in [6.07, 6.45) is 4.02. The van der Waals surface area contributed by atoms with Crippen LogP contribution >= 0.6 is 15.9 Å². The van der Waals surface area contributed by atoms with Crippen molar-refractivity contribution in [3.05, 3.63) is 28.0 Å². The highest BCUT2D eigenvalue weighted by Crippen LogP contribution is 2.37. The molecule has 0 saturated carbocycles. The molecule has 0 radical (unpaired) electrons. The van der Waals surface area contributed by atoms with Gasteiger partial charge in [0.05, 0.1) is 17.4 Å². The molecule has 1 amide bonds. The van der Waals surface area contributed by atoms with Gasteiger partial charge in [0.2, 0.25) is 0 Å². The van der Waals surface area contributed by atoms with E-state index in [9.17, 15) is 14.0 Å². The molecule has 2 aliphatic rings. The van der Waals surface area contributed by atoms with Crippen LogP contribution in [0.4, 0.5) is 10.1 Å². The van der Waals surface area contributed by atoms with Gasteiger partial charge in [0.1, 0.15) is 5.82 Å². The highest BCUT2D eigenvalue weighted by Gasteiger charge is 2.37. The third kappa shape index (κ3) is 2.74. The van der Waals surface area contributed by atoms with Crippen LogP contribution in [0.5, 0.6) is 0 Å². The average molecular weight is 356 g/mol. The quantitative estimate of drug-likeness (QED) is 0.779. The van der Waals surface area contributed by atoms with Gasteiger partial charge in [0, 0.05) is 17.6 Å². The molecule has 3 rings (SSSR count). The Kier molecular flexibility index (Phi) is 4.08. The number of benzene rings is 1. The van der Waals surface area contributed by atoms with Crippen molar-refractivity contribution >= 4 is 33.3 Å². The average Bonchev–Trinajstić information content (AvgIpc) is 3.02. The number of carbonyl (C=O) groups excluding carboxylic acids is 2. The van der Waals surface area contributed by atoms with Crippen molar-refractivity contribution in [2.75, 3.05) is 18.1 Å². The number of hydrogen-bond donors (Lipinski definition) is 0. The molecular formula is C15H15BrFNO3. The maximum Gasteiger partial charge on any atom is 0.299 e. The Labute approximate surface area is 130 Å². The number of hydrogen-bond acceptors (Lipinski definition) is 3. The Hall–Kier alpha value is -1.27. The molecule has 6 heteroatoms. The Morgan fingerprint density at radius 1 is 1.38 bits per heavy atom. The number of rotatable bonds is 4. The van der Waals surface area contributed by atoms with E-state index in [2.05, 4.69) is 15.9 Å². The van der Waals surface area contributed by atoms with Crippen LogP contribution in [-0.2, 0) is 9.53 Å². The zero-order valence-corrected chi connectivity index (χ0v) is 13.0. The Balaban J connectivity index is 1.74. The molecule has 1 aromatic rings. The summed E-state index contributed by atoms with van der Waals surface area (Å²) in [5.41, 5.74) is 0.628. The van der Waals surface area contributed by atoms with Gasteiger partial charge in [0.15, 0.2) is 0 Å². The monoisotopic (exact) mass is 355 g/mol. The largest absolute Gasteiger partial charge is 0.378 e. The van der Waals surface area contributed by atoms with Gasteiger partial charge in [0.25, 0.3) is 11.7 Å². The van der Waals surface area contributed by atoms with Crippen LogP contribution in [0.2, 0.25) is 0 Å². The minimum absolute atomic E-state index is 0.143. The van der Waals surface area contributed by atoms with E-state index in [1.165, 1.54) is 11.0 Å². The number of ether oxygens (including phenoxy) is 1. The lowest BCUT2D eigenvalue weighted by molar-refractivity contribution is -0.114. The number of nitrogens with zero attached hydrogens (tertiary/aromatic N) is 1. The summed E-state index contributed by atoms with van der Waals surface area (Å²) in [5.74, 6) is -1.74. The van der Waals surface area contributed by atoms with Gasteiger partial charge in [-0.2, -0.15) is 0 Å². The molecule has 21 heavy (non-hydrogen) atoms. The highest BCUT2D eigenvalue weighted by atomic mass is 79.9. The van der Waals surface area contributed by atoms with Gasteiger partial charge in [-0.15, -0.1) is 0 Å². The van der Waals surface area contributed by atoms with Crippen molar-refractivity contribution < 1.29 is 18.7 Å². The maximum absolute atomic E-state index is 13.4. The van der Waals surface area contributed by atoms with E-state index in [4.69, 9.17) is 4.74 Å². The lowest BCUT2D eigenvalue weighted by Gasteiger charge is -2.18. The van der Waals surface area contributed by atoms with Crippen molar-refractivity contribution in [2.24, 2.45) is 0 Å². The van der Waals surface area contributed by atoms with Crippen molar-refractivity contribution in [3.63, 3.8) is 0 Å². The van der Waals surface area contributed by atoms with Crippen molar-refractivity contribution in [2.45, 2.75) is 31.8 Å². The molecular weight excluding hydrogens is 341 g/mol. The predicted molar refractivity (Wildman–Crippen MR) is 79.0 cm³/mol. The Bertz CT molecular complexity index is 599. The van der Waals surface area contributed by atoms with E-state index in [1.54, 1.807) is 0 Å². The van der Waals surface area contributed by atoms with Gasteiger partial charge < -0.3 is 9.64 Å². The minimum atomic E-state index is -0.637. The van der Waals surface area contributed by atoms with Crippen LogP contribution in [0.15, 0.2) is 16.6 Å². The molecule has 1 saturated heterocycles. The molecule has 4 nitrogen and oxygen atoms in total. The molecule has 1 aromatic carbocycles. The number of carbonyl (C=O) groups is 2. The zero-order valence-electron chi connectivity index (χ0n) is 11.4. The summed E-state index contributed by atoms with van der Waals surface area (Å²) in [6.45, 7) is 1.25. The number of Topliss-reactive ketones (excluding diaryl/α,β-unsaturated/α-hetero) is 1. The first-order valence-electron chi connectivity index (χ1n) is 7.05. The van der Waals surface area contributed by atoms with Gasteiger partial charge in [-0.25, -0.2) is 4.39 Å². The van der Waals surface area contributed by atoms with Gasteiger partial charge in [-0.05, 0) is 53.7 Å². The molecule has 112 valence electrons. The summed E-state index contributed by atoms with van der Waals surface area (Å²) in [4.78, 5) is 25.4. The van der Waals surface area contributed by atoms with Crippen LogP contribution in [0.25, 0.3) is 0 Å². The van der Waals surface area contributed by atoms with E-state index in [-0.39, 0.29) is 11.7 Å². The second-order valence-electron chi connectivity index (χ2n) is 5.35. The lowest BCUT2D eigenvalue weighted by Crippen LogP contribution is -2.31. The molecule has 0 aromatic heterocycles. The summed E-state index contributed by atoms with van der Waals surface area (Å²) in [7, 11) is 0. The fourth-order valence-electron chi connectivity index (χ4n) is 2.92. The molecule has 0 aliphatic carbocycles. The van der Waals surface area contributed by atoms with Gasteiger partial charge >= 0.3 is 0 Å². The molecule has 1 atom stereocenters. The standard InChI is InChI=1S/C15H15BrFNO3/c16-12-8-9(17)7-11-13(12)18(15(20)14(11)19)5-1-3-10-4-2-6-21-10/h7-8,10H,1-6H2. The number of fused-ring (bicyclic) bond motifs is 1. The van der Waals surface area contributed by atoms with Crippen molar-refractivity contribution in [3.8, 4) is 0 Å². The zero-order chi connectivity index (χ0) is 15.0. The lowest BCUT2D eigenvalue weighted by atomic mass is 10.1. The van der Waals surface area contributed by atoms with E-state index in [0.29, 0.717) is 16.7 Å². The molecule has 1 fully saturated rings. The van der Waals surface area contributed by atoms with E-state index in [1.807, 2.05) is 0 Å². The molecule has 0 spiro atoms. The summed E-state index contributed by atoms with van der Waals surface area (Å²) >= 11 is 3.24. The van der Waals surface area contributed by atoms with Crippen LogP contribution in [0.3, 0.4) is 0 Å². The second kappa shape index (κ2) is 5.85.